The van der Waals surface area contributed by atoms with Crippen LogP contribution in [0.5, 0.6) is 0 Å². The molecule has 0 bridgehead atoms. The average Bonchev–Trinajstić information content (AvgIpc) is 3.41. The fourth-order valence-electron chi connectivity index (χ4n) is 4.79. The lowest BCUT2D eigenvalue weighted by atomic mass is 10.1. The molecule has 0 N–H and O–H groups in total. The summed E-state index contributed by atoms with van der Waals surface area (Å²) < 4.78 is 39.3. The molecule has 2 saturated heterocycles. The minimum absolute atomic E-state index is 0.182. The molecule has 0 aliphatic carbocycles. The molecular weight excluding hydrogens is 524 g/mol. The van der Waals surface area contributed by atoms with Gasteiger partial charge in [0.25, 0.3) is 5.91 Å². The van der Waals surface area contributed by atoms with Crippen LogP contribution in [0.4, 0.5) is 5.13 Å². The van der Waals surface area contributed by atoms with Crippen molar-refractivity contribution in [3.63, 3.8) is 0 Å². The Labute approximate surface area is 228 Å². The molecule has 9 nitrogen and oxygen atoms in total. The largest absolute Gasteiger partial charge is 0.379 e. The number of rotatable bonds is 8. The number of hydrogen-bond acceptors (Lipinski definition) is 8. The van der Waals surface area contributed by atoms with E-state index in [0.717, 1.165) is 60.6 Å². The predicted molar refractivity (Wildman–Crippen MR) is 149 cm³/mol. The lowest BCUT2D eigenvalue weighted by Crippen LogP contribution is -2.40. The molecule has 2 aliphatic rings. The van der Waals surface area contributed by atoms with Gasteiger partial charge >= 0.3 is 0 Å². The fourth-order valence-corrected chi connectivity index (χ4v) is 7.33. The summed E-state index contributed by atoms with van der Waals surface area (Å²) in [6.07, 6.45) is 0.795. The monoisotopic (exact) mass is 558 g/mol. The molecule has 1 aromatic heterocycles. The lowest BCUT2D eigenvalue weighted by Gasteiger charge is -2.28. The molecule has 0 atom stereocenters. The SMILES string of the molecule is Cc1ccc(C)c2sc(N(CCCN3CCOCC3)C(=O)c3ccc(S(=O)(=O)N4CCOCC4)cc3)nc12. The summed E-state index contributed by atoms with van der Waals surface area (Å²) in [6.45, 7) is 10.2. The molecule has 3 heterocycles. The molecule has 2 aliphatic heterocycles. The molecule has 0 spiro atoms. The fraction of sp³-hybridized carbons (Fsp3) is 0.481. The van der Waals surface area contributed by atoms with Gasteiger partial charge in [-0.25, -0.2) is 13.4 Å². The number of aromatic nitrogens is 1. The van der Waals surface area contributed by atoms with Crippen molar-refractivity contribution in [2.75, 3.05) is 70.6 Å². The van der Waals surface area contributed by atoms with Crippen LogP contribution in [0.15, 0.2) is 41.3 Å². The second-order valence-electron chi connectivity index (χ2n) is 9.68. The minimum atomic E-state index is -3.63. The van der Waals surface area contributed by atoms with Crippen molar-refractivity contribution >= 4 is 42.6 Å². The highest BCUT2D eigenvalue weighted by Crippen LogP contribution is 2.34. The number of amides is 1. The first-order chi connectivity index (χ1) is 18.3. The maximum absolute atomic E-state index is 13.8. The van der Waals surface area contributed by atoms with Crippen LogP contribution in [0, 0.1) is 13.8 Å². The molecule has 5 rings (SSSR count). The quantitative estimate of drug-likeness (QED) is 0.419. The molecule has 0 radical (unpaired) electrons. The Balaban J connectivity index is 1.39. The van der Waals surface area contributed by atoms with Gasteiger partial charge < -0.3 is 9.47 Å². The number of hydrogen-bond donors (Lipinski definition) is 0. The summed E-state index contributed by atoms with van der Waals surface area (Å²) in [5.74, 6) is -0.184. The van der Waals surface area contributed by atoms with E-state index in [9.17, 15) is 13.2 Å². The summed E-state index contributed by atoms with van der Waals surface area (Å²) in [7, 11) is -3.63. The first-order valence-corrected chi connectivity index (χ1v) is 15.3. The first kappa shape index (κ1) is 27.2. The molecule has 3 aromatic rings. The predicted octanol–water partition coefficient (Wildman–Crippen LogP) is 3.30. The molecule has 1 amide bonds. The van der Waals surface area contributed by atoms with Gasteiger partial charge in [-0.1, -0.05) is 23.5 Å². The van der Waals surface area contributed by atoms with Gasteiger partial charge in [-0.05, 0) is 55.7 Å². The molecule has 2 aromatic carbocycles. The second-order valence-corrected chi connectivity index (χ2v) is 12.6. The number of anilines is 1. The number of fused-ring (bicyclic) bond motifs is 1. The highest BCUT2D eigenvalue weighted by molar-refractivity contribution is 7.89. The van der Waals surface area contributed by atoms with E-state index in [2.05, 4.69) is 24.0 Å². The Morgan fingerprint density at radius 1 is 0.947 bits per heavy atom. The molecule has 0 saturated carbocycles. The smallest absolute Gasteiger partial charge is 0.260 e. The Kier molecular flexibility index (Phi) is 8.41. The van der Waals surface area contributed by atoms with E-state index < -0.39 is 10.0 Å². The number of carbonyl (C=O) groups excluding carboxylic acids is 1. The summed E-state index contributed by atoms with van der Waals surface area (Å²) >= 11 is 1.53. The van der Waals surface area contributed by atoms with E-state index in [4.69, 9.17) is 14.5 Å². The van der Waals surface area contributed by atoms with Crippen LogP contribution in [-0.4, -0.2) is 94.2 Å². The standard InChI is InChI=1S/C27H34N4O5S2/c1-20-4-5-21(2)25-24(20)28-27(37-25)31(11-3-10-29-12-16-35-17-13-29)26(32)22-6-8-23(9-7-22)38(33,34)30-14-18-36-19-15-30/h4-9H,3,10-19H2,1-2H3. The van der Waals surface area contributed by atoms with Gasteiger partial charge in [0.1, 0.15) is 0 Å². The number of sulfonamides is 1. The topological polar surface area (TPSA) is 92.3 Å². The van der Waals surface area contributed by atoms with Crippen molar-refractivity contribution in [3.8, 4) is 0 Å². The van der Waals surface area contributed by atoms with E-state index in [-0.39, 0.29) is 10.8 Å². The molecule has 38 heavy (non-hydrogen) atoms. The van der Waals surface area contributed by atoms with Crippen LogP contribution in [0.2, 0.25) is 0 Å². The third-order valence-electron chi connectivity index (χ3n) is 7.08. The molecule has 204 valence electrons. The summed E-state index contributed by atoms with van der Waals surface area (Å²) in [6, 6.07) is 10.4. The van der Waals surface area contributed by atoms with Crippen molar-refractivity contribution in [1.82, 2.24) is 14.2 Å². The zero-order valence-electron chi connectivity index (χ0n) is 21.9. The number of thiazole rings is 1. The summed E-state index contributed by atoms with van der Waals surface area (Å²) in [5.41, 5.74) is 3.56. The average molecular weight is 559 g/mol. The number of morpholine rings is 2. The molecule has 11 heteroatoms. The zero-order chi connectivity index (χ0) is 26.7. The van der Waals surface area contributed by atoms with Crippen molar-refractivity contribution < 1.29 is 22.7 Å². The van der Waals surface area contributed by atoms with E-state index in [1.807, 2.05) is 6.92 Å². The zero-order valence-corrected chi connectivity index (χ0v) is 23.5. The molecular formula is C27H34N4O5S2. The van der Waals surface area contributed by atoms with Crippen molar-refractivity contribution in [2.24, 2.45) is 0 Å². The van der Waals surface area contributed by atoms with E-state index in [0.29, 0.717) is 43.5 Å². The highest BCUT2D eigenvalue weighted by Gasteiger charge is 2.27. The van der Waals surface area contributed by atoms with Gasteiger partial charge in [-0.15, -0.1) is 0 Å². The van der Waals surface area contributed by atoms with E-state index in [1.165, 1.54) is 27.8 Å². The Morgan fingerprint density at radius 3 is 2.24 bits per heavy atom. The van der Waals surface area contributed by atoms with Gasteiger partial charge in [-0.2, -0.15) is 4.31 Å². The van der Waals surface area contributed by atoms with Gasteiger partial charge in [0.2, 0.25) is 10.0 Å². The Morgan fingerprint density at radius 2 is 1.58 bits per heavy atom. The van der Waals surface area contributed by atoms with Crippen molar-refractivity contribution in [2.45, 2.75) is 25.2 Å². The maximum Gasteiger partial charge on any atom is 0.260 e. The highest BCUT2D eigenvalue weighted by atomic mass is 32.2. The Bertz CT molecular complexity index is 1340. The maximum atomic E-state index is 13.8. The van der Waals surface area contributed by atoms with E-state index in [1.54, 1.807) is 17.0 Å². The minimum Gasteiger partial charge on any atom is -0.379 e. The number of nitrogens with zero attached hydrogens (tertiary/aromatic N) is 4. The number of benzene rings is 2. The third kappa shape index (κ3) is 5.78. The van der Waals surface area contributed by atoms with Crippen LogP contribution < -0.4 is 4.90 Å². The van der Waals surface area contributed by atoms with Crippen molar-refractivity contribution in [3.05, 3.63) is 53.1 Å². The third-order valence-corrected chi connectivity index (χ3v) is 10.2. The summed E-state index contributed by atoms with van der Waals surface area (Å²) in [4.78, 5) is 23.0. The molecule has 0 unspecified atom stereocenters. The van der Waals surface area contributed by atoms with Gasteiger partial charge in [0, 0.05) is 44.8 Å². The normalized spacial score (nSPS) is 17.6. The first-order valence-electron chi connectivity index (χ1n) is 13.0. The van der Waals surface area contributed by atoms with Crippen LogP contribution >= 0.6 is 11.3 Å². The lowest BCUT2D eigenvalue weighted by molar-refractivity contribution is 0.0376. The van der Waals surface area contributed by atoms with Gasteiger partial charge in [0.15, 0.2) is 5.13 Å². The van der Waals surface area contributed by atoms with Crippen LogP contribution in [0.3, 0.4) is 0 Å². The van der Waals surface area contributed by atoms with Crippen LogP contribution in [0.1, 0.15) is 27.9 Å². The summed E-state index contributed by atoms with van der Waals surface area (Å²) in [5, 5.41) is 0.661. The van der Waals surface area contributed by atoms with Crippen LogP contribution in [0.25, 0.3) is 10.2 Å². The number of carbonyl (C=O) groups is 1. The van der Waals surface area contributed by atoms with E-state index >= 15 is 0 Å². The van der Waals surface area contributed by atoms with Gasteiger partial charge in [0.05, 0.1) is 41.5 Å². The molecule has 2 fully saturated rings. The number of ether oxygens (including phenoxy) is 2. The van der Waals surface area contributed by atoms with Gasteiger partial charge in [-0.3, -0.25) is 14.6 Å². The van der Waals surface area contributed by atoms with Crippen LogP contribution in [-0.2, 0) is 19.5 Å². The Hall–Kier alpha value is -2.41. The second kappa shape index (κ2) is 11.8. The van der Waals surface area contributed by atoms with Crippen molar-refractivity contribution in [1.29, 1.82) is 0 Å². The number of aryl methyl sites for hydroxylation is 2.